The molecule has 1 fully saturated rings. The van der Waals surface area contributed by atoms with Gasteiger partial charge in [-0.2, -0.15) is 0 Å². The predicted molar refractivity (Wildman–Crippen MR) is 132 cm³/mol. The molecule has 33 heavy (non-hydrogen) atoms. The van der Waals surface area contributed by atoms with E-state index < -0.39 is 6.04 Å². The van der Waals surface area contributed by atoms with Crippen LogP contribution in [0.5, 0.6) is 11.5 Å². The summed E-state index contributed by atoms with van der Waals surface area (Å²) in [5.41, 5.74) is 0.928. The molecular formula is C26H33BrN2O4. The van der Waals surface area contributed by atoms with Crippen LogP contribution in [0.3, 0.4) is 0 Å². The second-order valence-electron chi connectivity index (χ2n) is 8.38. The second kappa shape index (κ2) is 12.6. The van der Waals surface area contributed by atoms with E-state index in [9.17, 15) is 9.59 Å². The maximum atomic E-state index is 13.3. The predicted octanol–water partition coefficient (Wildman–Crippen LogP) is 5.09. The van der Waals surface area contributed by atoms with E-state index in [0.29, 0.717) is 18.7 Å². The van der Waals surface area contributed by atoms with Gasteiger partial charge >= 0.3 is 0 Å². The highest BCUT2D eigenvalue weighted by Gasteiger charge is 2.30. The molecule has 0 radical (unpaired) electrons. The van der Waals surface area contributed by atoms with Crippen LogP contribution in [-0.4, -0.2) is 42.5 Å². The average molecular weight is 517 g/mol. The van der Waals surface area contributed by atoms with E-state index in [1.54, 1.807) is 24.1 Å². The van der Waals surface area contributed by atoms with Gasteiger partial charge in [0.1, 0.15) is 17.5 Å². The topological polar surface area (TPSA) is 67.9 Å². The van der Waals surface area contributed by atoms with Crippen molar-refractivity contribution in [1.29, 1.82) is 0 Å². The van der Waals surface area contributed by atoms with E-state index in [2.05, 4.69) is 21.2 Å². The fourth-order valence-corrected chi connectivity index (χ4v) is 4.41. The molecule has 6 nitrogen and oxygen atoms in total. The Morgan fingerprint density at radius 3 is 2.27 bits per heavy atom. The highest BCUT2D eigenvalue weighted by Crippen LogP contribution is 2.21. The number of methoxy groups -OCH3 is 1. The minimum Gasteiger partial charge on any atom is -0.497 e. The lowest BCUT2D eigenvalue weighted by atomic mass is 9.95. The summed E-state index contributed by atoms with van der Waals surface area (Å²) in [6, 6.07) is 14.5. The molecule has 1 aliphatic carbocycles. The highest BCUT2D eigenvalue weighted by atomic mass is 79.9. The molecule has 2 aromatic rings. The van der Waals surface area contributed by atoms with Crippen LogP contribution in [0.2, 0.25) is 0 Å². The number of benzene rings is 2. The largest absolute Gasteiger partial charge is 0.497 e. The van der Waals surface area contributed by atoms with Gasteiger partial charge in [-0.1, -0.05) is 54.2 Å². The molecule has 3 rings (SSSR count). The fourth-order valence-electron chi connectivity index (χ4n) is 4.15. The van der Waals surface area contributed by atoms with Crippen LogP contribution in [0.15, 0.2) is 53.0 Å². The molecule has 0 saturated heterocycles. The first-order valence-corrected chi connectivity index (χ1v) is 12.4. The fraction of sp³-hybridized carbons (Fsp3) is 0.462. The Kier molecular flexibility index (Phi) is 9.61. The summed E-state index contributed by atoms with van der Waals surface area (Å²) in [5, 5.41) is 3.19. The van der Waals surface area contributed by atoms with Crippen LogP contribution in [0.1, 0.15) is 51.0 Å². The molecule has 1 saturated carbocycles. The third kappa shape index (κ3) is 7.49. The van der Waals surface area contributed by atoms with E-state index >= 15 is 0 Å². The first kappa shape index (κ1) is 25.1. The Hall–Kier alpha value is -2.54. The third-order valence-electron chi connectivity index (χ3n) is 6.03. The number of carbonyl (C=O) groups is 2. The number of nitrogens with one attached hydrogen (secondary N) is 1. The Labute approximate surface area is 204 Å². The van der Waals surface area contributed by atoms with Gasteiger partial charge in [-0.3, -0.25) is 9.59 Å². The van der Waals surface area contributed by atoms with Crippen molar-refractivity contribution in [2.75, 3.05) is 13.7 Å². The number of carbonyl (C=O) groups excluding carboxylic acids is 2. The molecule has 1 N–H and O–H groups in total. The number of halogens is 1. The molecule has 1 aliphatic rings. The van der Waals surface area contributed by atoms with Crippen molar-refractivity contribution in [3.8, 4) is 11.5 Å². The zero-order chi connectivity index (χ0) is 23.6. The number of amides is 2. The van der Waals surface area contributed by atoms with Gasteiger partial charge in [0.05, 0.1) is 7.11 Å². The molecule has 2 amide bonds. The number of nitrogens with zero attached hydrogens (tertiary/aromatic N) is 1. The number of rotatable bonds is 10. The lowest BCUT2D eigenvalue weighted by Gasteiger charge is -2.32. The number of hydrogen-bond acceptors (Lipinski definition) is 4. The van der Waals surface area contributed by atoms with E-state index in [-0.39, 0.29) is 24.5 Å². The summed E-state index contributed by atoms with van der Waals surface area (Å²) < 4.78 is 11.9. The van der Waals surface area contributed by atoms with Crippen LogP contribution >= 0.6 is 15.9 Å². The first-order chi connectivity index (χ1) is 16.0. The molecule has 2 aromatic carbocycles. The maximum absolute atomic E-state index is 13.3. The molecule has 0 unspecified atom stereocenters. The summed E-state index contributed by atoms with van der Waals surface area (Å²) in [4.78, 5) is 28.2. The molecule has 1 atom stereocenters. The minimum atomic E-state index is -0.560. The molecule has 0 heterocycles. The van der Waals surface area contributed by atoms with Crippen LogP contribution in [0.4, 0.5) is 0 Å². The van der Waals surface area contributed by atoms with Crippen molar-refractivity contribution in [2.24, 2.45) is 0 Å². The lowest BCUT2D eigenvalue weighted by Crippen LogP contribution is -2.52. The quantitative estimate of drug-likeness (QED) is 0.477. The Bertz CT molecular complexity index is 896. The van der Waals surface area contributed by atoms with Crippen molar-refractivity contribution in [1.82, 2.24) is 10.2 Å². The van der Waals surface area contributed by atoms with Gasteiger partial charge in [0.25, 0.3) is 5.91 Å². The SMILES string of the molecule is CC[C@H](C(=O)NC1CCCCC1)N(Cc1ccc(OC)cc1)C(=O)COc1ccc(Br)cc1. The van der Waals surface area contributed by atoms with E-state index in [1.807, 2.05) is 43.3 Å². The molecule has 7 heteroatoms. The van der Waals surface area contributed by atoms with Gasteiger partial charge in [-0.05, 0) is 61.2 Å². The average Bonchev–Trinajstić information content (AvgIpc) is 2.84. The monoisotopic (exact) mass is 516 g/mol. The molecule has 0 aromatic heterocycles. The van der Waals surface area contributed by atoms with Gasteiger partial charge in [0.15, 0.2) is 6.61 Å². The lowest BCUT2D eigenvalue weighted by molar-refractivity contribution is -0.143. The van der Waals surface area contributed by atoms with Crippen LogP contribution < -0.4 is 14.8 Å². The van der Waals surface area contributed by atoms with Crippen LogP contribution in [-0.2, 0) is 16.1 Å². The second-order valence-corrected chi connectivity index (χ2v) is 9.30. The molecule has 0 aliphatic heterocycles. The van der Waals surface area contributed by atoms with Gasteiger partial charge < -0.3 is 19.7 Å². The standard InChI is InChI=1S/C26H33BrN2O4/c1-3-24(26(31)28-21-7-5-4-6-8-21)29(17-19-9-13-22(32-2)14-10-19)25(30)18-33-23-15-11-20(27)12-16-23/h9-16,21,24H,3-8,17-18H2,1-2H3,(H,28,31)/t24-/m1/s1. The summed E-state index contributed by atoms with van der Waals surface area (Å²) in [7, 11) is 1.62. The van der Waals surface area contributed by atoms with E-state index in [4.69, 9.17) is 9.47 Å². The Balaban J connectivity index is 1.74. The molecular weight excluding hydrogens is 484 g/mol. The minimum absolute atomic E-state index is 0.0881. The van der Waals surface area contributed by atoms with Crippen molar-refractivity contribution in [3.05, 3.63) is 58.6 Å². The summed E-state index contributed by atoms with van der Waals surface area (Å²) in [6.45, 7) is 2.13. The van der Waals surface area contributed by atoms with Crippen molar-refractivity contribution in [3.63, 3.8) is 0 Å². The van der Waals surface area contributed by atoms with Gasteiger partial charge in [-0.25, -0.2) is 0 Å². The Morgan fingerprint density at radius 2 is 1.67 bits per heavy atom. The normalized spacial score (nSPS) is 14.9. The Morgan fingerprint density at radius 1 is 1.03 bits per heavy atom. The van der Waals surface area contributed by atoms with Gasteiger partial charge in [0, 0.05) is 17.1 Å². The van der Waals surface area contributed by atoms with Crippen molar-refractivity contribution < 1.29 is 19.1 Å². The highest BCUT2D eigenvalue weighted by molar-refractivity contribution is 9.10. The van der Waals surface area contributed by atoms with Crippen LogP contribution in [0.25, 0.3) is 0 Å². The molecule has 0 spiro atoms. The van der Waals surface area contributed by atoms with Crippen molar-refractivity contribution in [2.45, 2.75) is 64.1 Å². The number of hydrogen-bond donors (Lipinski definition) is 1. The summed E-state index contributed by atoms with van der Waals surface area (Å²) in [6.07, 6.45) is 6.02. The summed E-state index contributed by atoms with van der Waals surface area (Å²) in [5.74, 6) is 1.04. The third-order valence-corrected chi connectivity index (χ3v) is 6.55. The summed E-state index contributed by atoms with van der Waals surface area (Å²) >= 11 is 3.40. The van der Waals surface area contributed by atoms with Crippen LogP contribution in [0, 0.1) is 0 Å². The van der Waals surface area contributed by atoms with Gasteiger partial charge in [0.2, 0.25) is 5.91 Å². The first-order valence-electron chi connectivity index (χ1n) is 11.6. The van der Waals surface area contributed by atoms with Gasteiger partial charge in [-0.15, -0.1) is 0 Å². The number of ether oxygens (including phenoxy) is 2. The van der Waals surface area contributed by atoms with E-state index in [1.165, 1.54) is 6.42 Å². The zero-order valence-corrected chi connectivity index (χ0v) is 21.0. The maximum Gasteiger partial charge on any atom is 0.261 e. The van der Waals surface area contributed by atoms with E-state index in [0.717, 1.165) is 41.5 Å². The molecule has 0 bridgehead atoms. The van der Waals surface area contributed by atoms with Crippen molar-refractivity contribution >= 4 is 27.7 Å². The molecule has 178 valence electrons. The zero-order valence-electron chi connectivity index (χ0n) is 19.4. The smallest absolute Gasteiger partial charge is 0.261 e.